The van der Waals surface area contributed by atoms with E-state index in [2.05, 4.69) is 10.0 Å². The number of nitrogens with one attached hydrogen (secondary N) is 2. The highest BCUT2D eigenvalue weighted by molar-refractivity contribution is 7.92. The molecule has 0 atom stereocenters. The molecule has 1 amide bonds. The van der Waals surface area contributed by atoms with Gasteiger partial charge in [-0.3, -0.25) is 9.52 Å². The molecule has 0 aliphatic heterocycles. The molecule has 3 aromatic carbocycles. The molecular formula is C23H24N2O5S. The summed E-state index contributed by atoms with van der Waals surface area (Å²) >= 11 is 0. The molecule has 0 heterocycles. The largest absolute Gasteiger partial charge is 0.495 e. The Morgan fingerprint density at radius 1 is 0.903 bits per heavy atom. The standard InChI is InChI=1S/C23H24N2O5S/c1-16(2)30-19-12-8-17(9-13-19)23(26)24-18-10-14-20(15-11-18)31(27,28)25-21-6-4-5-7-22(21)29-3/h4-16,25H,1-3H3,(H,24,26). The summed E-state index contributed by atoms with van der Waals surface area (Å²) in [5, 5.41) is 2.75. The molecule has 0 saturated heterocycles. The molecule has 0 radical (unpaired) electrons. The third kappa shape index (κ3) is 5.76. The van der Waals surface area contributed by atoms with Crippen molar-refractivity contribution >= 4 is 27.3 Å². The zero-order chi connectivity index (χ0) is 22.4. The van der Waals surface area contributed by atoms with Gasteiger partial charge in [-0.2, -0.15) is 0 Å². The number of hydrogen-bond acceptors (Lipinski definition) is 5. The molecule has 2 N–H and O–H groups in total. The maximum atomic E-state index is 12.7. The van der Waals surface area contributed by atoms with E-state index in [4.69, 9.17) is 9.47 Å². The van der Waals surface area contributed by atoms with Crippen LogP contribution in [0.2, 0.25) is 0 Å². The number of sulfonamides is 1. The Bertz CT molecular complexity index is 1140. The second-order valence-corrected chi connectivity index (χ2v) is 8.66. The van der Waals surface area contributed by atoms with Gasteiger partial charge in [-0.05, 0) is 74.5 Å². The summed E-state index contributed by atoms with van der Waals surface area (Å²) in [6, 6.07) is 19.4. The van der Waals surface area contributed by atoms with Crippen LogP contribution in [0.1, 0.15) is 24.2 Å². The minimum Gasteiger partial charge on any atom is -0.495 e. The van der Waals surface area contributed by atoms with E-state index in [1.165, 1.54) is 31.4 Å². The van der Waals surface area contributed by atoms with Gasteiger partial charge >= 0.3 is 0 Å². The van der Waals surface area contributed by atoms with Gasteiger partial charge in [0.2, 0.25) is 0 Å². The van der Waals surface area contributed by atoms with E-state index in [0.717, 1.165) is 0 Å². The van der Waals surface area contributed by atoms with Gasteiger partial charge in [0, 0.05) is 11.3 Å². The average Bonchev–Trinajstić information content (AvgIpc) is 2.74. The third-order valence-corrected chi connectivity index (χ3v) is 5.64. The SMILES string of the molecule is COc1ccccc1NS(=O)(=O)c1ccc(NC(=O)c2ccc(OC(C)C)cc2)cc1. The normalized spacial score (nSPS) is 11.1. The number of benzene rings is 3. The zero-order valence-electron chi connectivity index (χ0n) is 17.5. The number of methoxy groups -OCH3 is 1. The Labute approximate surface area is 182 Å². The van der Waals surface area contributed by atoms with Crippen molar-refractivity contribution < 1.29 is 22.7 Å². The van der Waals surface area contributed by atoms with Crippen LogP contribution in [0.25, 0.3) is 0 Å². The average molecular weight is 441 g/mol. The van der Waals surface area contributed by atoms with E-state index in [9.17, 15) is 13.2 Å². The van der Waals surface area contributed by atoms with Crippen molar-refractivity contribution in [2.75, 3.05) is 17.1 Å². The first-order chi connectivity index (χ1) is 14.8. The van der Waals surface area contributed by atoms with Crippen molar-refractivity contribution in [1.82, 2.24) is 0 Å². The van der Waals surface area contributed by atoms with Gasteiger partial charge in [-0.1, -0.05) is 12.1 Å². The molecule has 0 spiro atoms. The molecule has 0 aliphatic carbocycles. The van der Waals surface area contributed by atoms with E-state index in [-0.39, 0.29) is 16.9 Å². The molecule has 162 valence electrons. The molecule has 0 aliphatic rings. The summed E-state index contributed by atoms with van der Waals surface area (Å²) in [6.07, 6.45) is 0.0481. The molecule has 0 fully saturated rings. The quantitative estimate of drug-likeness (QED) is 0.537. The van der Waals surface area contributed by atoms with Gasteiger partial charge < -0.3 is 14.8 Å². The van der Waals surface area contributed by atoms with Crippen LogP contribution in [0, 0.1) is 0 Å². The fourth-order valence-corrected chi connectivity index (χ4v) is 3.88. The van der Waals surface area contributed by atoms with E-state index in [1.54, 1.807) is 48.5 Å². The smallest absolute Gasteiger partial charge is 0.262 e. The summed E-state index contributed by atoms with van der Waals surface area (Å²) in [5.41, 5.74) is 1.28. The molecule has 0 unspecified atom stereocenters. The number of anilines is 2. The topological polar surface area (TPSA) is 93.7 Å². The lowest BCUT2D eigenvalue weighted by atomic mass is 10.2. The van der Waals surface area contributed by atoms with Crippen LogP contribution in [0.15, 0.2) is 77.7 Å². The van der Waals surface area contributed by atoms with Crippen LogP contribution in [-0.4, -0.2) is 27.5 Å². The van der Waals surface area contributed by atoms with Gasteiger partial charge in [0.1, 0.15) is 11.5 Å². The first kappa shape index (κ1) is 22.2. The van der Waals surface area contributed by atoms with Crippen LogP contribution < -0.4 is 19.5 Å². The fraction of sp³-hybridized carbons (Fsp3) is 0.174. The van der Waals surface area contributed by atoms with E-state index in [0.29, 0.717) is 28.4 Å². The highest BCUT2D eigenvalue weighted by atomic mass is 32.2. The number of amides is 1. The summed E-state index contributed by atoms with van der Waals surface area (Å²) in [4.78, 5) is 12.5. The highest BCUT2D eigenvalue weighted by Crippen LogP contribution is 2.26. The monoisotopic (exact) mass is 440 g/mol. The number of ether oxygens (including phenoxy) is 2. The third-order valence-electron chi connectivity index (χ3n) is 4.26. The van der Waals surface area contributed by atoms with Crippen LogP contribution in [0.5, 0.6) is 11.5 Å². The van der Waals surface area contributed by atoms with Gasteiger partial charge in [0.05, 0.1) is 23.8 Å². The minimum atomic E-state index is -3.81. The first-order valence-corrected chi connectivity index (χ1v) is 11.1. The summed E-state index contributed by atoms with van der Waals surface area (Å²) < 4.78 is 38.6. The maximum Gasteiger partial charge on any atom is 0.262 e. The number of hydrogen-bond donors (Lipinski definition) is 2. The number of carbonyl (C=O) groups is 1. The lowest BCUT2D eigenvalue weighted by Crippen LogP contribution is -2.14. The Hall–Kier alpha value is -3.52. The second kappa shape index (κ2) is 9.53. The van der Waals surface area contributed by atoms with Crippen molar-refractivity contribution in [3.63, 3.8) is 0 Å². The predicted octanol–water partition coefficient (Wildman–Crippen LogP) is 4.54. The first-order valence-electron chi connectivity index (χ1n) is 9.62. The Morgan fingerprint density at radius 2 is 1.55 bits per heavy atom. The van der Waals surface area contributed by atoms with Crippen LogP contribution >= 0.6 is 0 Å². The summed E-state index contributed by atoms with van der Waals surface area (Å²) in [7, 11) is -2.35. The van der Waals surface area contributed by atoms with Gasteiger partial charge in [0.15, 0.2) is 0 Å². The lowest BCUT2D eigenvalue weighted by molar-refractivity contribution is 0.102. The van der Waals surface area contributed by atoms with Crippen molar-refractivity contribution in [3.8, 4) is 11.5 Å². The molecular weight excluding hydrogens is 416 g/mol. The van der Waals surface area contributed by atoms with Crippen molar-refractivity contribution in [3.05, 3.63) is 78.4 Å². The fourth-order valence-electron chi connectivity index (χ4n) is 2.81. The number of para-hydroxylation sites is 2. The summed E-state index contributed by atoms with van der Waals surface area (Å²) in [5.74, 6) is 0.794. The van der Waals surface area contributed by atoms with E-state index >= 15 is 0 Å². The van der Waals surface area contributed by atoms with Crippen LogP contribution in [0.3, 0.4) is 0 Å². The van der Waals surface area contributed by atoms with Crippen molar-refractivity contribution in [1.29, 1.82) is 0 Å². The van der Waals surface area contributed by atoms with E-state index in [1.807, 2.05) is 13.8 Å². The molecule has 7 nitrogen and oxygen atoms in total. The zero-order valence-corrected chi connectivity index (χ0v) is 18.3. The lowest BCUT2D eigenvalue weighted by Gasteiger charge is -2.12. The minimum absolute atomic E-state index is 0.0481. The number of rotatable bonds is 8. The summed E-state index contributed by atoms with van der Waals surface area (Å²) in [6.45, 7) is 3.85. The Kier molecular flexibility index (Phi) is 6.81. The Balaban J connectivity index is 1.68. The molecule has 0 bridgehead atoms. The van der Waals surface area contributed by atoms with Crippen LogP contribution in [0.4, 0.5) is 11.4 Å². The van der Waals surface area contributed by atoms with Gasteiger partial charge in [-0.15, -0.1) is 0 Å². The number of carbonyl (C=O) groups excluding carboxylic acids is 1. The van der Waals surface area contributed by atoms with Crippen molar-refractivity contribution in [2.45, 2.75) is 24.8 Å². The molecule has 0 aromatic heterocycles. The van der Waals surface area contributed by atoms with Crippen LogP contribution in [-0.2, 0) is 10.0 Å². The highest BCUT2D eigenvalue weighted by Gasteiger charge is 2.16. The molecule has 31 heavy (non-hydrogen) atoms. The van der Waals surface area contributed by atoms with Crippen molar-refractivity contribution in [2.24, 2.45) is 0 Å². The van der Waals surface area contributed by atoms with Gasteiger partial charge in [0.25, 0.3) is 15.9 Å². The molecule has 8 heteroatoms. The predicted molar refractivity (Wildman–Crippen MR) is 120 cm³/mol. The van der Waals surface area contributed by atoms with Gasteiger partial charge in [-0.25, -0.2) is 8.42 Å². The maximum absolute atomic E-state index is 12.7. The molecule has 3 rings (SSSR count). The Morgan fingerprint density at radius 3 is 2.16 bits per heavy atom. The second-order valence-electron chi connectivity index (χ2n) is 6.98. The molecule has 0 saturated carbocycles. The van der Waals surface area contributed by atoms with E-state index < -0.39 is 10.0 Å². The molecule has 3 aromatic rings.